The number of nitrogens with one attached hydrogen (secondary N) is 1. The summed E-state index contributed by atoms with van der Waals surface area (Å²) in [4.78, 5) is 39.3. The van der Waals surface area contributed by atoms with Gasteiger partial charge in [-0.15, -0.1) is 0 Å². The maximum atomic E-state index is 12.7. The SMILES string of the molecule is C[C@@H](NC(=O)CN1C(=O)COc2ccc(C(=O)COc3cccc(Cl)c3)cc21)c1ccccc1. The van der Waals surface area contributed by atoms with Crippen molar-refractivity contribution >= 4 is 34.9 Å². The second-order valence-electron chi connectivity index (χ2n) is 7.82. The molecular weight excluding hydrogens is 456 g/mol. The number of rotatable bonds is 8. The summed E-state index contributed by atoms with van der Waals surface area (Å²) in [6.07, 6.45) is 0. The molecule has 3 aromatic rings. The first kappa shape index (κ1) is 23.3. The van der Waals surface area contributed by atoms with Crippen molar-refractivity contribution in [2.24, 2.45) is 0 Å². The van der Waals surface area contributed by atoms with Gasteiger partial charge in [0.15, 0.2) is 19.0 Å². The Morgan fingerprint density at radius 2 is 1.88 bits per heavy atom. The maximum absolute atomic E-state index is 12.7. The zero-order chi connectivity index (χ0) is 24.1. The van der Waals surface area contributed by atoms with Crippen LogP contribution in [0.2, 0.25) is 5.02 Å². The highest BCUT2D eigenvalue weighted by Gasteiger charge is 2.28. The van der Waals surface area contributed by atoms with Gasteiger partial charge in [-0.3, -0.25) is 19.3 Å². The van der Waals surface area contributed by atoms with Gasteiger partial charge in [-0.1, -0.05) is 48.0 Å². The Hall–Kier alpha value is -3.84. The average Bonchev–Trinajstić information content (AvgIpc) is 2.84. The highest BCUT2D eigenvalue weighted by molar-refractivity contribution is 6.30. The zero-order valence-electron chi connectivity index (χ0n) is 18.5. The van der Waals surface area contributed by atoms with Crippen molar-refractivity contribution in [3.8, 4) is 11.5 Å². The Morgan fingerprint density at radius 1 is 1.09 bits per heavy atom. The first-order valence-electron chi connectivity index (χ1n) is 10.7. The van der Waals surface area contributed by atoms with E-state index < -0.39 is 0 Å². The van der Waals surface area contributed by atoms with Gasteiger partial charge in [0.05, 0.1) is 11.7 Å². The van der Waals surface area contributed by atoms with Crippen LogP contribution in [0.15, 0.2) is 72.8 Å². The molecule has 3 aromatic carbocycles. The van der Waals surface area contributed by atoms with Crippen LogP contribution in [-0.2, 0) is 9.59 Å². The van der Waals surface area contributed by atoms with Gasteiger partial charge >= 0.3 is 0 Å². The number of ketones is 1. The van der Waals surface area contributed by atoms with Crippen molar-refractivity contribution < 1.29 is 23.9 Å². The van der Waals surface area contributed by atoms with E-state index in [-0.39, 0.29) is 43.4 Å². The lowest BCUT2D eigenvalue weighted by Crippen LogP contribution is -2.45. The molecule has 0 bridgehead atoms. The van der Waals surface area contributed by atoms with Crippen molar-refractivity contribution in [1.29, 1.82) is 0 Å². The summed E-state index contributed by atoms with van der Waals surface area (Å²) in [5, 5.41) is 3.41. The van der Waals surface area contributed by atoms with E-state index >= 15 is 0 Å². The number of anilines is 1. The first-order valence-corrected chi connectivity index (χ1v) is 11.1. The van der Waals surface area contributed by atoms with Crippen molar-refractivity contribution in [2.45, 2.75) is 13.0 Å². The topological polar surface area (TPSA) is 84.9 Å². The largest absolute Gasteiger partial charge is 0.485 e. The fourth-order valence-corrected chi connectivity index (χ4v) is 3.77. The first-order chi connectivity index (χ1) is 16.4. The second kappa shape index (κ2) is 10.4. The quantitative estimate of drug-likeness (QED) is 0.490. The van der Waals surface area contributed by atoms with E-state index in [0.29, 0.717) is 27.8 Å². The Balaban J connectivity index is 1.46. The summed E-state index contributed by atoms with van der Waals surface area (Å²) in [5.41, 5.74) is 1.66. The lowest BCUT2D eigenvalue weighted by Gasteiger charge is -2.29. The van der Waals surface area contributed by atoms with Gasteiger partial charge in [0.1, 0.15) is 18.0 Å². The predicted molar refractivity (Wildman–Crippen MR) is 129 cm³/mol. The number of amides is 2. The van der Waals surface area contributed by atoms with Crippen LogP contribution in [0.5, 0.6) is 11.5 Å². The number of carbonyl (C=O) groups is 3. The number of hydrogen-bond acceptors (Lipinski definition) is 5. The standard InChI is InChI=1S/C26H23ClN2O5/c1-17(18-6-3-2-4-7-18)28-25(31)14-29-22-12-19(10-11-24(22)34-16-26(29)32)23(30)15-33-21-9-5-8-20(27)13-21/h2-13,17H,14-16H2,1H3,(H,28,31)/t17-/m1/s1. The van der Waals surface area contributed by atoms with Crippen LogP contribution < -0.4 is 19.7 Å². The molecule has 0 fully saturated rings. The molecule has 1 heterocycles. The molecule has 0 radical (unpaired) electrons. The third-order valence-corrected chi connectivity index (χ3v) is 5.60. The van der Waals surface area contributed by atoms with Crippen LogP contribution in [0, 0.1) is 0 Å². The van der Waals surface area contributed by atoms with E-state index in [1.165, 1.54) is 4.90 Å². The van der Waals surface area contributed by atoms with E-state index in [4.69, 9.17) is 21.1 Å². The molecule has 1 atom stereocenters. The fraction of sp³-hybridized carbons (Fsp3) is 0.192. The molecule has 1 N–H and O–H groups in total. The normalized spacial score (nSPS) is 13.5. The summed E-state index contributed by atoms with van der Waals surface area (Å²) >= 11 is 5.95. The number of halogens is 1. The number of Topliss-reactive ketones (excluding diaryl/α,β-unsaturated/α-hetero) is 1. The lowest BCUT2D eigenvalue weighted by atomic mass is 10.1. The van der Waals surface area contributed by atoms with E-state index in [1.807, 2.05) is 37.3 Å². The molecule has 1 aliphatic heterocycles. The predicted octanol–water partition coefficient (Wildman–Crippen LogP) is 4.20. The summed E-state index contributed by atoms with van der Waals surface area (Å²) in [5.74, 6) is -0.0739. The molecule has 0 unspecified atom stereocenters. The lowest BCUT2D eigenvalue weighted by molar-refractivity contribution is -0.125. The molecule has 174 valence electrons. The molecule has 0 aromatic heterocycles. The van der Waals surface area contributed by atoms with Crippen LogP contribution in [-0.4, -0.2) is 37.4 Å². The summed E-state index contributed by atoms with van der Waals surface area (Å²) < 4.78 is 11.0. The number of carbonyl (C=O) groups excluding carboxylic acids is 3. The van der Waals surface area contributed by atoms with Gasteiger partial charge in [0, 0.05) is 10.6 Å². The Kier molecular flexibility index (Phi) is 7.13. The third-order valence-electron chi connectivity index (χ3n) is 5.37. The second-order valence-corrected chi connectivity index (χ2v) is 8.26. The monoisotopic (exact) mass is 478 g/mol. The zero-order valence-corrected chi connectivity index (χ0v) is 19.2. The van der Waals surface area contributed by atoms with Crippen molar-refractivity contribution in [2.75, 3.05) is 24.7 Å². The minimum absolute atomic E-state index is 0.181. The smallest absolute Gasteiger partial charge is 0.265 e. The number of benzene rings is 3. The van der Waals surface area contributed by atoms with Gasteiger partial charge in [-0.05, 0) is 48.9 Å². The molecule has 34 heavy (non-hydrogen) atoms. The van der Waals surface area contributed by atoms with E-state index in [1.54, 1.807) is 42.5 Å². The molecule has 2 amide bonds. The van der Waals surface area contributed by atoms with Crippen molar-refractivity contribution in [3.05, 3.63) is 88.9 Å². The number of ether oxygens (including phenoxy) is 2. The van der Waals surface area contributed by atoms with Crippen molar-refractivity contribution in [3.63, 3.8) is 0 Å². The summed E-state index contributed by atoms with van der Waals surface area (Å²) in [6, 6.07) is 20.8. The third kappa shape index (κ3) is 5.55. The summed E-state index contributed by atoms with van der Waals surface area (Å²) in [6.45, 7) is 1.30. The molecule has 8 heteroatoms. The van der Waals surface area contributed by atoms with E-state index in [2.05, 4.69) is 5.32 Å². The van der Waals surface area contributed by atoms with Crippen molar-refractivity contribution in [1.82, 2.24) is 5.32 Å². The molecule has 7 nitrogen and oxygen atoms in total. The van der Waals surface area contributed by atoms with Crippen LogP contribution in [0.4, 0.5) is 5.69 Å². The Morgan fingerprint density at radius 3 is 2.65 bits per heavy atom. The Bertz CT molecular complexity index is 1210. The number of hydrogen-bond donors (Lipinski definition) is 1. The van der Waals surface area contributed by atoms with E-state index in [0.717, 1.165) is 5.56 Å². The molecule has 0 saturated carbocycles. The minimum Gasteiger partial charge on any atom is -0.485 e. The highest BCUT2D eigenvalue weighted by Crippen LogP contribution is 2.33. The average molecular weight is 479 g/mol. The van der Waals surface area contributed by atoms with Gasteiger partial charge in [-0.25, -0.2) is 0 Å². The van der Waals surface area contributed by atoms with Crippen LogP contribution in [0.1, 0.15) is 28.9 Å². The van der Waals surface area contributed by atoms with Gasteiger partial charge in [0.2, 0.25) is 5.91 Å². The minimum atomic E-state index is -0.366. The Labute approximate surface area is 202 Å². The fourth-order valence-electron chi connectivity index (χ4n) is 3.59. The molecule has 1 aliphatic rings. The highest BCUT2D eigenvalue weighted by atomic mass is 35.5. The molecule has 0 spiro atoms. The summed E-state index contributed by atoms with van der Waals surface area (Å²) in [7, 11) is 0. The van der Waals surface area contributed by atoms with Gasteiger partial charge < -0.3 is 14.8 Å². The van der Waals surface area contributed by atoms with E-state index in [9.17, 15) is 14.4 Å². The molecule has 0 aliphatic carbocycles. The maximum Gasteiger partial charge on any atom is 0.265 e. The number of nitrogens with zero attached hydrogens (tertiary/aromatic N) is 1. The molecule has 0 saturated heterocycles. The van der Waals surface area contributed by atoms with Crippen LogP contribution in [0.3, 0.4) is 0 Å². The van der Waals surface area contributed by atoms with Gasteiger partial charge in [-0.2, -0.15) is 0 Å². The molecular formula is C26H23ClN2O5. The molecule has 4 rings (SSSR count). The van der Waals surface area contributed by atoms with Crippen LogP contribution >= 0.6 is 11.6 Å². The van der Waals surface area contributed by atoms with Crippen LogP contribution in [0.25, 0.3) is 0 Å². The number of fused-ring (bicyclic) bond motifs is 1. The van der Waals surface area contributed by atoms with Gasteiger partial charge in [0.25, 0.3) is 5.91 Å².